The second-order valence-electron chi connectivity index (χ2n) is 16.8. The van der Waals surface area contributed by atoms with E-state index in [9.17, 15) is 19.2 Å². The number of ether oxygens (including phenoxy) is 4. The first-order valence-electron chi connectivity index (χ1n) is 16.4. The summed E-state index contributed by atoms with van der Waals surface area (Å²) in [6.07, 6.45) is 0.0320. The van der Waals surface area contributed by atoms with Crippen molar-refractivity contribution >= 4 is 23.9 Å². The molecule has 2 aromatic rings. The lowest BCUT2D eigenvalue weighted by molar-refractivity contribution is -0.156. The molecule has 0 aromatic heterocycles. The zero-order valence-electron chi connectivity index (χ0n) is 30.8. The molecule has 0 bridgehead atoms. The molecule has 1 aliphatic carbocycles. The van der Waals surface area contributed by atoms with Crippen LogP contribution in [0.3, 0.4) is 0 Å². The number of benzene rings is 2. The van der Waals surface area contributed by atoms with E-state index in [-0.39, 0.29) is 12.8 Å². The molecule has 8 nitrogen and oxygen atoms in total. The predicted molar refractivity (Wildman–Crippen MR) is 182 cm³/mol. The number of rotatable bonds is 8. The minimum atomic E-state index is -1.02. The van der Waals surface area contributed by atoms with Crippen LogP contribution in [0.15, 0.2) is 36.4 Å². The van der Waals surface area contributed by atoms with Crippen molar-refractivity contribution in [2.45, 2.75) is 138 Å². The van der Waals surface area contributed by atoms with E-state index < -0.39 is 63.5 Å². The van der Waals surface area contributed by atoms with E-state index in [1.807, 2.05) is 121 Å². The molecule has 0 radical (unpaired) electrons. The molecule has 0 fully saturated rings. The fraction of sp³-hybridized carbons (Fsp3) is 0.590. The van der Waals surface area contributed by atoms with Crippen LogP contribution in [0.1, 0.15) is 142 Å². The normalized spacial score (nSPS) is 15.5. The second-order valence-corrected chi connectivity index (χ2v) is 16.8. The van der Waals surface area contributed by atoms with Crippen LogP contribution < -0.4 is 0 Å². The van der Waals surface area contributed by atoms with Gasteiger partial charge in [-0.05, 0) is 141 Å². The fourth-order valence-electron chi connectivity index (χ4n) is 6.45. The van der Waals surface area contributed by atoms with Crippen molar-refractivity contribution < 1.29 is 38.1 Å². The van der Waals surface area contributed by atoms with Crippen molar-refractivity contribution in [3.05, 3.63) is 58.7 Å². The molecule has 1 aliphatic rings. The average molecular weight is 651 g/mol. The minimum Gasteiger partial charge on any atom is -0.460 e. The van der Waals surface area contributed by atoms with Crippen LogP contribution in [0.2, 0.25) is 0 Å². The molecular formula is C39H54O8. The van der Waals surface area contributed by atoms with Gasteiger partial charge >= 0.3 is 23.9 Å². The van der Waals surface area contributed by atoms with Crippen molar-refractivity contribution in [1.29, 1.82) is 0 Å². The summed E-state index contributed by atoms with van der Waals surface area (Å²) in [5.41, 5.74) is 0.0534. The summed E-state index contributed by atoms with van der Waals surface area (Å²) >= 11 is 0. The standard InChI is InChI=1S/C39H54O8/c1-23(19-31(40)44-35(3,4)5)39(24(2)20-32(41)45-36(6,7)8)29-21-25(33(42)46-37(9,10)11)15-17-27(29)28-18-16-26(22-30(28)39)34(43)47-38(12,13)14/h15-18,21-24H,19-20H2,1-14H3. The van der Waals surface area contributed by atoms with Gasteiger partial charge in [0.15, 0.2) is 0 Å². The van der Waals surface area contributed by atoms with Gasteiger partial charge < -0.3 is 18.9 Å². The second kappa shape index (κ2) is 13.1. The van der Waals surface area contributed by atoms with Crippen LogP contribution in [-0.4, -0.2) is 46.3 Å². The zero-order chi connectivity index (χ0) is 35.9. The average Bonchev–Trinajstić information content (AvgIpc) is 3.14. The molecule has 2 aromatic carbocycles. The van der Waals surface area contributed by atoms with Gasteiger partial charge in [0.05, 0.1) is 11.1 Å². The topological polar surface area (TPSA) is 105 Å². The van der Waals surface area contributed by atoms with Gasteiger partial charge in [-0.1, -0.05) is 26.0 Å². The first kappa shape index (κ1) is 37.8. The third-order valence-corrected chi connectivity index (χ3v) is 7.83. The predicted octanol–water partition coefficient (Wildman–Crippen LogP) is 8.60. The Morgan fingerprint density at radius 3 is 1.11 bits per heavy atom. The van der Waals surface area contributed by atoms with Gasteiger partial charge in [-0.25, -0.2) is 9.59 Å². The van der Waals surface area contributed by atoms with E-state index in [4.69, 9.17) is 18.9 Å². The van der Waals surface area contributed by atoms with E-state index in [0.29, 0.717) is 11.1 Å². The first-order chi connectivity index (χ1) is 21.2. The van der Waals surface area contributed by atoms with Gasteiger partial charge in [0.2, 0.25) is 0 Å². The van der Waals surface area contributed by atoms with Gasteiger partial charge in [-0.15, -0.1) is 0 Å². The number of hydrogen-bond acceptors (Lipinski definition) is 8. The van der Waals surface area contributed by atoms with E-state index in [0.717, 1.165) is 22.3 Å². The quantitative estimate of drug-likeness (QED) is 0.207. The summed E-state index contributed by atoms with van der Waals surface area (Å²) < 4.78 is 23.0. The van der Waals surface area contributed by atoms with E-state index in [2.05, 4.69) is 0 Å². The third-order valence-electron chi connectivity index (χ3n) is 7.83. The van der Waals surface area contributed by atoms with Crippen molar-refractivity contribution in [1.82, 2.24) is 0 Å². The highest BCUT2D eigenvalue weighted by atomic mass is 16.6. The molecule has 0 aliphatic heterocycles. The highest BCUT2D eigenvalue weighted by Crippen LogP contribution is 2.58. The van der Waals surface area contributed by atoms with Crippen LogP contribution in [0.4, 0.5) is 0 Å². The lowest BCUT2D eigenvalue weighted by Crippen LogP contribution is -2.43. The lowest BCUT2D eigenvalue weighted by Gasteiger charge is -2.43. The Kier molecular flexibility index (Phi) is 10.5. The third kappa shape index (κ3) is 9.23. The van der Waals surface area contributed by atoms with Gasteiger partial charge in [-0.3, -0.25) is 9.59 Å². The van der Waals surface area contributed by atoms with Crippen LogP contribution in [0.25, 0.3) is 11.1 Å². The molecule has 0 spiro atoms. The maximum atomic E-state index is 13.4. The van der Waals surface area contributed by atoms with Gasteiger partial charge in [-0.2, -0.15) is 0 Å². The van der Waals surface area contributed by atoms with E-state index in [1.54, 1.807) is 12.1 Å². The molecule has 2 atom stereocenters. The Labute approximate surface area is 280 Å². The van der Waals surface area contributed by atoms with Crippen LogP contribution >= 0.6 is 0 Å². The first-order valence-corrected chi connectivity index (χ1v) is 16.4. The van der Waals surface area contributed by atoms with Gasteiger partial charge in [0, 0.05) is 18.3 Å². The SMILES string of the molecule is CC(CC(=O)OC(C)(C)C)C1(C(C)CC(=O)OC(C)(C)C)c2cc(C(=O)OC(C)(C)C)ccc2-c2ccc(C(=O)OC(C)(C)C)cc21. The van der Waals surface area contributed by atoms with Gasteiger partial charge in [0.1, 0.15) is 22.4 Å². The summed E-state index contributed by atoms with van der Waals surface area (Å²) in [5, 5.41) is 0. The summed E-state index contributed by atoms with van der Waals surface area (Å²) in [5.74, 6) is -2.65. The van der Waals surface area contributed by atoms with Crippen LogP contribution in [-0.2, 0) is 34.0 Å². The van der Waals surface area contributed by atoms with Crippen LogP contribution in [0, 0.1) is 11.8 Å². The maximum absolute atomic E-state index is 13.4. The van der Waals surface area contributed by atoms with Crippen LogP contribution in [0.5, 0.6) is 0 Å². The molecule has 0 N–H and O–H groups in total. The van der Waals surface area contributed by atoms with Crippen molar-refractivity contribution in [3.63, 3.8) is 0 Å². The molecule has 2 unspecified atom stereocenters. The van der Waals surface area contributed by atoms with Crippen molar-refractivity contribution in [3.8, 4) is 11.1 Å². The largest absolute Gasteiger partial charge is 0.460 e. The molecule has 258 valence electrons. The number of fused-ring (bicyclic) bond motifs is 3. The Bertz CT molecular complexity index is 1410. The highest BCUT2D eigenvalue weighted by Gasteiger charge is 2.52. The smallest absolute Gasteiger partial charge is 0.338 e. The number of hydrogen-bond donors (Lipinski definition) is 0. The molecule has 0 amide bonds. The van der Waals surface area contributed by atoms with Crippen molar-refractivity contribution in [2.75, 3.05) is 0 Å². The summed E-state index contributed by atoms with van der Waals surface area (Å²) in [7, 11) is 0. The minimum absolute atomic E-state index is 0.0160. The Hall–Kier alpha value is -3.68. The Balaban J connectivity index is 2.36. The Morgan fingerprint density at radius 2 is 0.830 bits per heavy atom. The lowest BCUT2D eigenvalue weighted by atomic mass is 9.60. The fourth-order valence-corrected chi connectivity index (χ4v) is 6.45. The molecule has 8 heteroatoms. The van der Waals surface area contributed by atoms with E-state index in [1.165, 1.54) is 0 Å². The number of carbonyl (C=O) groups excluding carboxylic acids is 4. The molecule has 47 heavy (non-hydrogen) atoms. The molecule has 0 saturated carbocycles. The number of esters is 4. The summed E-state index contributed by atoms with van der Waals surface area (Å²) in [6.45, 7) is 25.7. The number of carbonyl (C=O) groups is 4. The Morgan fingerprint density at radius 1 is 0.532 bits per heavy atom. The zero-order valence-corrected chi connectivity index (χ0v) is 30.8. The summed E-state index contributed by atoms with van der Waals surface area (Å²) in [4.78, 5) is 53.6. The maximum Gasteiger partial charge on any atom is 0.338 e. The molecule has 0 heterocycles. The molecule has 3 rings (SSSR count). The van der Waals surface area contributed by atoms with E-state index >= 15 is 0 Å². The van der Waals surface area contributed by atoms with Gasteiger partial charge in [0.25, 0.3) is 0 Å². The monoisotopic (exact) mass is 650 g/mol. The highest BCUT2D eigenvalue weighted by molar-refractivity contribution is 5.95. The van der Waals surface area contributed by atoms with Crippen molar-refractivity contribution in [2.24, 2.45) is 11.8 Å². The molecule has 0 saturated heterocycles. The summed E-state index contributed by atoms with van der Waals surface area (Å²) in [6, 6.07) is 10.8. The molecular weight excluding hydrogens is 596 g/mol.